The maximum atomic E-state index is 12.9. The molecule has 0 spiro atoms. The molecule has 0 radical (unpaired) electrons. The molecule has 0 saturated carbocycles. The molecule has 6 heteroatoms. The predicted octanol–water partition coefficient (Wildman–Crippen LogP) is 2.99. The Morgan fingerprint density at radius 2 is 1.73 bits per heavy atom. The SMILES string of the molecule is Cc1ccc2nc(C)c(C(=O)NNC(=O)Cc3ccc(F)cc3)cc2c1. The molecule has 2 amide bonds. The van der Waals surface area contributed by atoms with Crippen molar-refractivity contribution in [1.82, 2.24) is 15.8 Å². The van der Waals surface area contributed by atoms with Gasteiger partial charge in [0.15, 0.2) is 0 Å². The minimum atomic E-state index is -0.439. The number of pyridine rings is 1. The fourth-order valence-corrected chi connectivity index (χ4v) is 2.65. The monoisotopic (exact) mass is 351 g/mol. The number of rotatable bonds is 3. The Kier molecular flexibility index (Phi) is 4.93. The van der Waals surface area contributed by atoms with Crippen molar-refractivity contribution in [1.29, 1.82) is 0 Å². The van der Waals surface area contributed by atoms with E-state index in [1.54, 1.807) is 13.0 Å². The highest BCUT2D eigenvalue weighted by molar-refractivity contribution is 5.99. The molecule has 0 unspecified atom stereocenters. The van der Waals surface area contributed by atoms with E-state index in [2.05, 4.69) is 15.8 Å². The van der Waals surface area contributed by atoms with Crippen molar-refractivity contribution < 1.29 is 14.0 Å². The van der Waals surface area contributed by atoms with Crippen molar-refractivity contribution in [3.63, 3.8) is 0 Å². The molecule has 0 aliphatic heterocycles. The van der Waals surface area contributed by atoms with Crippen molar-refractivity contribution >= 4 is 22.7 Å². The van der Waals surface area contributed by atoms with Crippen LogP contribution in [0.4, 0.5) is 4.39 Å². The first-order chi connectivity index (χ1) is 12.4. The maximum Gasteiger partial charge on any atom is 0.271 e. The number of benzene rings is 2. The quantitative estimate of drug-likeness (QED) is 0.713. The van der Waals surface area contributed by atoms with Gasteiger partial charge in [-0.05, 0) is 49.7 Å². The number of carbonyl (C=O) groups is 2. The number of aromatic nitrogens is 1. The summed E-state index contributed by atoms with van der Waals surface area (Å²) in [6, 6.07) is 13.2. The second kappa shape index (κ2) is 7.31. The third kappa shape index (κ3) is 4.03. The number of nitrogens with one attached hydrogen (secondary N) is 2. The third-order valence-electron chi connectivity index (χ3n) is 4.00. The summed E-state index contributed by atoms with van der Waals surface area (Å²) in [6.45, 7) is 3.71. The minimum Gasteiger partial charge on any atom is -0.273 e. The van der Waals surface area contributed by atoms with Crippen LogP contribution in [0.3, 0.4) is 0 Å². The van der Waals surface area contributed by atoms with Gasteiger partial charge >= 0.3 is 0 Å². The molecule has 0 aliphatic carbocycles. The van der Waals surface area contributed by atoms with Crippen molar-refractivity contribution in [3.8, 4) is 0 Å². The predicted molar refractivity (Wildman–Crippen MR) is 96.9 cm³/mol. The normalized spacial score (nSPS) is 10.6. The van der Waals surface area contributed by atoms with Gasteiger partial charge in [-0.2, -0.15) is 0 Å². The fourth-order valence-electron chi connectivity index (χ4n) is 2.65. The number of carbonyl (C=O) groups excluding carboxylic acids is 2. The lowest BCUT2D eigenvalue weighted by atomic mass is 10.1. The molecular formula is C20H18FN3O2. The summed E-state index contributed by atoms with van der Waals surface area (Å²) >= 11 is 0. The van der Waals surface area contributed by atoms with Crippen molar-refractivity contribution in [3.05, 3.63) is 76.7 Å². The highest BCUT2D eigenvalue weighted by Gasteiger charge is 2.13. The van der Waals surface area contributed by atoms with Gasteiger partial charge in [-0.1, -0.05) is 23.8 Å². The molecule has 0 saturated heterocycles. The molecule has 3 rings (SSSR count). The number of halogens is 1. The van der Waals surface area contributed by atoms with Crippen LogP contribution in [0.25, 0.3) is 10.9 Å². The lowest BCUT2D eigenvalue weighted by Crippen LogP contribution is -2.42. The molecule has 1 aromatic heterocycles. The molecule has 2 aromatic carbocycles. The number of aryl methyl sites for hydroxylation is 2. The fraction of sp³-hybridized carbons (Fsp3) is 0.150. The Morgan fingerprint density at radius 1 is 1.00 bits per heavy atom. The van der Waals surface area contributed by atoms with Crippen molar-refractivity contribution in [2.24, 2.45) is 0 Å². The Balaban J connectivity index is 1.67. The highest BCUT2D eigenvalue weighted by atomic mass is 19.1. The lowest BCUT2D eigenvalue weighted by molar-refractivity contribution is -0.121. The summed E-state index contributed by atoms with van der Waals surface area (Å²) in [5.74, 6) is -1.20. The van der Waals surface area contributed by atoms with Gasteiger partial charge in [-0.3, -0.25) is 25.4 Å². The number of amides is 2. The van der Waals surface area contributed by atoms with Crippen LogP contribution in [0.2, 0.25) is 0 Å². The van der Waals surface area contributed by atoms with Crippen LogP contribution in [0, 0.1) is 19.7 Å². The van der Waals surface area contributed by atoms with E-state index >= 15 is 0 Å². The molecule has 0 bridgehead atoms. The molecule has 26 heavy (non-hydrogen) atoms. The van der Waals surface area contributed by atoms with Crippen LogP contribution in [0.15, 0.2) is 48.5 Å². The number of hydrogen-bond donors (Lipinski definition) is 2. The smallest absolute Gasteiger partial charge is 0.271 e. The van der Waals surface area contributed by atoms with Crippen LogP contribution < -0.4 is 10.9 Å². The Bertz CT molecular complexity index is 984. The van der Waals surface area contributed by atoms with Gasteiger partial charge in [0.25, 0.3) is 5.91 Å². The molecule has 3 aromatic rings. The first-order valence-corrected chi connectivity index (χ1v) is 8.14. The molecule has 132 valence electrons. The van der Waals surface area contributed by atoms with E-state index < -0.39 is 11.8 Å². The van der Waals surface area contributed by atoms with E-state index in [4.69, 9.17) is 0 Å². The van der Waals surface area contributed by atoms with E-state index in [1.165, 1.54) is 24.3 Å². The van der Waals surface area contributed by atoms with E-state index in [0.29, 0.717) is 16.8 Å². The van der Waals surface area contributed by atoms with Crippen LogP contribution in [0.5, 0.6) is 0 Å². The second-order valence-electron chi connectivity index (χ2n) is 6.12. The summed E-state index contributed by atoms with van der Waals surface area (Å²) < 4.78 is 12.9. The van der Waals surface area contributed by atoms with Crippen molar-refractivity contribution in [2.75, 3.05) is 0 Å². The van der Waals surface area contributed by atoms with Gasteiger partial charge in [0.2, 0.25) is 5.91 Å². The number of hydrazine groups is 1. The van der Waals surface area contributed by atoms with Crippen LogP contribution >= 0.6 is 0 Å². The first kappa shape index (κ1) is 17.5. The average molecular weight is 351 g/mol. The highest BCUT2D eigenvalue weighted by Crippen LogP contribution is 2.18. The zero-order valence-electron chi connectivity index (χ0n) is 14.5. The number of nitrogens with zero attached hydrogens (tertiary/aromatic N) is 1. The Morgan fingerprint density at radius 3 is 2.46 bits per heavy atom. The Hall–Kier alpha value is -3.28. The summed E-state index contributed by atoms with van der Waals surface area (Å²) in [5, 5.41) is 0.860. The second-order valence-corrected chi connectivity index (χ2v) is 6.12. The summed E-state index contributed by atoms with van der Waals surface area (Å²) in [7, 11) is 0. The van der Waals surface area contributed by atoms with Gasteiger partial charge in [-0.25, -0.2) is 4.39 Å². The minimum absolute atomic E-state index is 0.0364. The zero-order chi connectivity index (χ0) is 18.7. The molecule has 2 N–H and O–H groups in total. The summed E-state index contributed by atoms with van der Waals surface area (Å²) in [5.41, 5.74) is 8.27. The van der Waals surface area contributed by atoms with E-state index in [-0.39, 0.29) is 12.2 Å². The molecular weight excluding hydrogens is 333 g/mol. The molecule has 0 aliphatic rings. The van der Waals surface area contributed by atoms with E-state index in [1.807, 2.05) is 25.1 Å². The van der Waals surface area contributed by atoms with Crippen LogP contribution in [-0.4, -0.2) is 16.8 Å². The zero-order valence-corrected chi connectivity index (χ0v) is 14.5. The largest absolute Gasteiger partial charge is 0.273 e. The van der Waals surface area contributed by atoms with E-state index in [9.17, 15) is 14.0 Å². The van der Waals surface area contributed by atoms with Crippen LogP contribution in [-0.2, 0) is 11.2 Å². The third-order valence-corrected chi connectivity index (χ3v) is 4.00. The van der Waals surface area contributed by atoms with Gasteiger partial charge in [0.1, 0.15) is 5.82 Å². The number of fused-ring (bicyclic) bond motifs is 1. The number of hydrogen-bond acceptors (Lipinski definition) is 3. The molecule has 0 fully saturated rings. The molecule has 1 heterocycles. The molecule has 5 nitrogen and oxygen atoms in total. The average Bonchev–Trinajstić information content (AvgIpc) is 2.61. The topological polar surface area (TPSA) is 71.1 Å². The molecule has 0 atom stereocenters. The van der Waals surface area contributed by atoms with Crippen molar-refractivity contribution in [2.45, 2.75) is 20.3 Å². The van der Waals surface area contributed by atoms with Crippen LogP contribution in [0.1, 0.15) is 27.2 Å². The lowest BCUT2D eigenvalue weighted by Gasteiger charge is -2.10. The van der Waals surface area contributed by atoms with Gasteiger partial charge in [0, 0.05) is 5.39 Å². The summed E-state index contributed by atoms with van der Waals surface area (Å²) in [6.07, 6.45) is 0.0364. The van der Waals surface area contributed by atoms with E-state index in [0.717, 1.165) is 16.5 Å². The maximum absolute atomic E-state index is 12.9. The van der Waals surface area contributed by atoms with Gasteiger partial charge in [0.05, 0.1) is 23.2 Å². The van der Waals surface area contributed by atoms with Gasteiger partial charge < -0.3 is 0 Å². The first-order valence-electron chi connectivity index (χ1n) is 8.14. The Labute approximate surface area is 150 Å². The van der Waals surface area contributed by atoms with Gasteiger partial charge in [-0.15, -0.1) is 0 Å². The standard InChI is InChI=1S/C20H18FN3O2/c1-12-3-8-18-15(9-12)11-17(13(2)22-18)20(26)24-23-19(25)10-14-4-6-16(21)7-5-14/h3-9,11H,10H2,1-2H3,(H,23,25)(H,24,26). The summed E-state index contributed by atoms with van der Waals surface area (Å²) in [4.78, 5) is 28.8.